The third-order valence-corrected chi connectivity index (χ3v) is 6.11. The number of fused-ring (bicyclic) bond motifs is 1. The Bertz CT molecular complexity index is 821. The van der Waals surface area contributed by atoms with Gasteiger partial charge in [-0.1, -0.05) is 18.2 Å². The van der Waals surface area contributed by atoms with E-state index in [1.165, 1.54) is 18.2 Å². The number of hydrogen-bond acceptors (Lipinski definition) is 4. The number of imide groups is 1. The fraction of sp³-hybridized carbons (Fsp3) is 0.500. The Morgan fingerprint density at radius 2 is 1.92 bits per heavy atom. The van der Waals surface area contributed by atoms with Crippen molar-refractivity contribution in [2.24, 2.45) is 0 Å². The van der Waals surface area contributed by atoms with Gasteiger partial charge in [0.2, 0.25) is 10.0 Å². The number of carbonyl (C=O) groups excluding carboxylic acids is 2. The Morgan fingerprint density at radius 3 is 2.58 bits per heavy atom. The van der Waals surface area contributed by atoms with Crippen molar-refractivity contribution in [2.75, 3.05) is 20.0 Å². The highest BCUT2D eigenvalue weighted by atomic mass is 32.2. The molecule has 8 heteroatoms. The number of rotatable bonds is 4. The predicted octanol–water partition coefficient (Wildman–Crippen LogP) is 0.791. The summed E-state index contributed by atoms with van der Waals surface area (Å²) in [6, 6.07) is 5.27. The van der Waals surface area contributed by atoms with Gasteiger partial charge in [-0.15, -0.1) is 0 Å². The van der Waals surface area contributed by atoms with Crippen LogP contribution in [0.3, 0.4) is 0 Å². The van der Waals surface area contributed by atoms with Gasteiger partial charge in [0.15, 0.2) is 0 Å². The fourth-order valence-electron chi connectivity index (χ4n) is 3.21. The lowest BCUT2D eigenvalue weighted by Gasteiger charge is -2.24. The number of nitrogens with zero attached hydrogens (tertiary/aromatic N) is 2. The molecule has 7 nitrogen and oxygen atoms in total. The molecule has 0 radical (unpaired) electrons. The molecule has 0 spiro atoms. The molecule has 1 fully saturated rings. The molecule has 1 saturated heterocycles. The van der Waals surface area contributed by atoms with E-state index in [-0.39, 0.29) is 6.67 Å². The average molecular weight is 351 g/mol. The van der Waals surface area contributed by atoms with Crippen molar-refractivity contribution < 1.29 is 18.0 Å². The van der Waals surface area contributed by atoms with Crippen molar-refractivity contribution in [2.45, 2.75) is 31.7 Å². The zero-order valence-corrected chi connectivity index (χ0v) is 14.8. The van der Waals surface area contributed by atoms with Gasteiger partial charge in [0.25, 0.3) is 5.91 Å². The molecule has 1 unspecified atom stereocenters. The monoisotopic (exact) mass is 351 g/mol. The van der Waals surface area contributed by atoms with Gasteiger partial charge in [-0.05, 0) is 42.9 Å². The number of benzene rings is 1. The SMILES string of the molecule is CN(CN1C(=O)NC(C)(c2ccc3c(c2)CCC3)C1=O)S(C)(=O)=O. The molecular weight excluding hydrogens is 330 g/mol. The lowest BCUT2D eigenvalue weighted by Crippen LogP contribution is -2.44. The molecule has 24 heavy (non-hydrogen) atoms. The number of sulfonamides is 1. The van der Waals surface area contributed by atoms with Gasteiger partial charge in [-0.3, -0.25) is 4.79 Å². The molecule has 0 saturated carbocycles. The maximum Gasteiger partial charge on any atom is 0.326 e. The van der Waals surface area contributed by atoms with Gasteiger partial charge < -0.3 is 5.32 Å². The van der Waals surface area contributed by atoms with Crippen molar-refractivity contribution in [3.8, 4) is 0 Å². The molecule has 1 heterocycles. The highest BCUT2D eigenvalue weighted by Crippen LogP contribution is 2.32. The summed E-state index contributed by atoms with van der Waals surface area (Å²) < 4.78 is 24.1. The smallest absolute Gasteiger partial charge is 0.319 e. The van der Waals surface area contributed by atoms with Crippen molar-refractivity contribution in [1.29, 1.82) is 0 Å². The Hall–Kier alpha value is -1.93. The molecular formula is C16H21N3O4S. The van der Waals surface area contributed by atoms with Crippen LogP contribution in [0.1, 0.15) is 30.0 Å². The van der Waals surface area contributed by atoms with Crippen LogP contribution in [-0.2, 0) is 33.2 Å². The second-order valence-electron chi connectivity index (χ2n) is 6.63. The van der Waals surface area contributed by atoms with E-state index < -0.39 is 27.5 Å². The Morgan fingerprint density at radius 1 is 1.25 bits per heavy atom. The molecule has 0 aromatic heterocycles. The largest absolute Gasteiger partial charge is 0.326 e. The summed E-state index contributed by atoms with van der Waals surface area (Å²) in [6.45, 7) is 1.36. The van der Waals surface area contributed by atoms with Crippen LogP contribution in [-0.4, -0.2) is 49.5 Å². The van der Waals surface area contributed by atoms with Crippen molar-refractivity contribution in [1.82, 2.24) is 14.5 Å². The van der Waals surface area contributed by atoms with E-state index in [1.807, 2.05) is 18.2 Å². The third kappa shape index (κ3) is 2.69. The quantitative estimate of drug-likeness (QED) is 0.813. The van der Waals surface area contributed by atoms with Gasteiger partial charge in [-0.25, -0.2) is 18.1 Å². The maximum absolute atomic E-state index is 12.8. The summed E-state index contributed by atoms with van der Waals surface area (Å²) in [5.41, 5.74) is 2.05. The van der Waals surface area contributed by atoms with Gasteiger partial charge in [0, 0.05) is 7.05 Å². The summed E-state index contributed by atoms with van der Waals surface area (Å²) >= 11 is 0. The van der Waals surface area contributed by atoms with Gasteiger partial charge in [0.05, 0.1) is 12.9 Å². The summed E-state index contributed by atoms with van der Waals surface area (Å²) in [5.74, 6) is -0.444. The highest BCUT2D eigenvalue weighted by Gasteiger charge is 2.49. The molecule has 1 aromatic rings. The first kappa shape index (κ1) is 16.9. The summed E-state index contributed by atoms with van der Waals surface area (Å²) in [5, 5.41) is 2.71. The summed E-state index contributed by atoms with van der Waals surface area (Å²) in [6.07, 6.45) is 4.14. The minimum Gasteiger partial charge on any atom is -0.319 e. The van der Waals surface area contributed by atoms with Crippen LogP contribution < -0.4 is 5.32 Å². The van der Waals surface area contributed by atoms with Crippen LogP contribution in [0.25, 0.3) is 0 Å². The average Bonchev–Trinajstić information content (AvgIpc) is 3.04. The minimum atomic E-state index is -3.49. The zero-order chi connectivity index (χ0) is 17.7. The van der Waals surface area contributed by atoms with Crippen LogP contribution in [0, 0.1) is 0 Å². The fourth-order valence-corrected chi connectivity index (χ4v) is 3.53. The van der Waals surface area contributed by atoms with Crippen LogP contribution in [0.4, 0.5) is 4.79 Å². The van der Waals surface area contributed by atoms with E-state index in [4.69, 9.17) is 0 Å². The molecule has 1 atom stereocenters. The molecule has 1 aliphatic carbocycles. The van der Waals surface area contributed by atoms with E-state index in [2.05, 4.69) is 5.32 Å². The molecule has 1 aromatic carbocycles. The number of urea groups is 1. The van der Waals surface area contributed by atoms with E-state index in [9.17, 15) is 18.0 Å². The number of hydrogen-bond donors (Lipinski definition) is 1. The first-order valence-electron chi connectivity index (χ1n) is 7.80. The first-order chi connectivity index (χ1) is 11.1. The standard InChI is InChI=1S/C16H21N3O4S/c1-16(13-8-7-11-5-4-6-12(11)9-13)14(20)19(15(21)17-16)10-18(2)24(3,22)23/h7-9H,4-6,10H2,1-3H3,(H,17,21). The topological polar surface area (TPSA) is 86.8 Å². The molecule has 1 N–H and O–H groups in total. The van der Waals surface area contributed by atoms with E-state index in [0.717, 1.165) is 40.3 Å². The van der Waals surface area contributed by atoms with Crippen LogP contribution in [0.5, 0.6) is 0 Å². The lowest BCUT2D eigenvalue weighted by atomic mass is 9.90. The van der Waals surface area contributed by atoms with Crippen molar-refractivity contribution in [3.63, 3.8) is 0 Å². The summed E-state index contributed by atoms with van der Waals surface area (Å²) in [4.78, 5) is 26.0. The second kappa shape index (κ2) is 5.56. The van der Waals surface area contributed by atoms with Crippen molar-refractivity contribution >= 4 is 22.0 Å². The van der Waals surface area contributed by atoms with Gasteiger partial charge >= 0.3 is 6.03 Å². The number of nitrogens with one attached hydrogen (secondary N) is 1. The molecule has 0 bridgehead atoms. The number of amides is 3. The van der Waals surface area contributed by atoms with Crippen LogP contribution in [0.15, 0.2) is 18.2 Å². The lowest BCUT2D eigenvalue weighted by molar-refractivity contribution is -0.131. The second-order valence-corrected chi connectivity index (χ2v) is 8.72. The molecule has 2 aliphatic rings. The maximum atomic E-state index is 12.8. The Labute approximate surface area is 141 Å². The van der Waals surface area contributed by atoms with Crippen LogP contribution >= 0.6 is 0 Å². The van der Waals surface area contributed by atoms with E-state index >= 15 is 0 Å². The van der Waals surface area contributed by atoms with E-state index in [1.54, 1.807) is 6.92 Å². The van der Waals surface area contributed by atoms with Gasteiger partial charge in [-0.2, -0.15) is 4.31 Å². The highest BCUT2D eigenvalue weighted by molar-refractivity contribution is 7.88. The molecule has 3 rings (SSSR count). The van der Waals surface area contributed by atoms with E-state index in [0.29, 0.717) is 0 Å². The zero-order valence-electron chi connectivity index (χ0n) is 14.0. The Balaban J connectivity index is 1.90. The normalized spacial score (nSPS) is 23.8. The minimum absolute atomic E-state index is 0.302. The van der Waals surface area contributed by atoms with Gasteiger partial charge in [0.1, 0.15) is 5.54 Å². The predicted molar refractivity (Wildman–Crippen MR) is 88.7 cm³/mol. The number of aryl methyl sites for hydroxylation is 2. The molecule has 1 aliphatic heterocycles. The first-order valence-corrected chi connectivity index (χ1v) is 9.65. The number of carbonyl (C=O) groups is 2. The molecule has 130 valence electrons. The summed E-state index contributed by atoms with van der Waals surface area (Å²) in [7, 11) is -2.15. The molecule has 3 amide bonds. The third-order valence-electron chi connectivity index (χ3n) is 4.86. The van der Waals surface area contributed by atoms with Crippen molar-refractivity contribution in [3.05, 3.63) is 34.9 Å². The van der Waals surface area contributed by atoms with Crippen LogP contribution in [0.2, 0.25) is 0 Å². The Kier molecular flexibility index (Phi) is 3.92.